The normalized spacial score (nSPS) is 12.8. The molecule has 154 valence electrons. The summed E-state index contributed by atoms with van der Waals surface area (Å²) in [5.41, 5.74) is 4.15. The third-order valence-corrected chi connectivity index (χ3v) is 4.36. The third kappa shape index (κ3) is 6.75. The van der Waals surface area contributed by atoms with Crippen molar-refractivity contribution in [2.75, 3.05) is 10.6 Å². The SMILES string of the molecule is CC(=O)Nc1ccc(/C(C)=N/OC(C)C(=O)Nc2ccc(C(C)(C)C)cc2)cc1. The van der Waals surface area contributed by atoms with E-state index < -0.39 is 6.10 Å². The molecule has 2 rings (SSSR count). The second-order valence-electron chi connectivity index (χ2n) is 8.00. The predicted octanol–water partition coefficient (Wildman–Crippen LogP) is 4.71. The maximum absolute atomic E-state index is 12.3. The van der Waals surface area contributed by atoms with Crippen LogP contribution >= 0.6 is 0 Å². The summed E-state index contributed by atoms with van der Waals surface area (Å²) in [5.74, 6) is -0.398. The molecule has 29 heavy (non-hydrogen) atoms. The van der Waals surface area contributed by atoms with E-state index in [1.54, 1.807) is 26.0 Å². The molecule has 6 heteroatoms. The van der Waals surface area contributed by atoms with Crippen molar-refractivity contribution in [2.24, 2.45) is 5.16 Å². The Bertz CT molecular complexity index is 879. The van der Waals surface area contributed by atoms with Crippen LogP contribution in [-0.2, 0) is 19.8 Å². The second-order valence-corrected chi connectivity index (χ2v) is 8.00. The van der Waals surface area contributed by atoms with E-state index in [0.717, 1.165) is 5.56 Å². The lowest BCUT2D eigenvalue weighted by Gasteiger charge is -2.19. The smallest absolute Gasteiger partial charge is 0.267 e. The van der Waals surface area contributed by atoms with E-state index in [1.165, 1.54) is 12.5 Å². The molecule has 2 aromatic carbocycles. The van der Waals surface area contributed by atoms with Gasteiger partial charge >= 0.3 is 0 Å². The molecular weight excluding hydrogens is 366 g/mol. The van der Waals surface area contributed by atoms with Crippen molar-refractivity contribution in [2.45, 2.75) is 53.1 Å². The lowest BCUT2D eigenvalue weighted by molar-refractivity contribution is -0.126. The summed E-state index contributed by atoms with van der Waals surface area (Å²) in [4.78, 5) is 28.8. The zero-order chi connectivity index (χ0) is 21.6. The van der Waals surface area contributed by atoms with E-state index in [1.807, 2.05) is 36.4 Å². The Hall–Kier alpha value is -3.15. The highest BCUT2D eigenvalue weighted by atomic mass is 16.6. The maximum Gasteiger partial charge on any atom is 0.267 e. The Morgan fingerprint density at radius 3 is 1.93 bits per heavy atom. The summed E-state index contributed by atoms with van der Waals surface area (Å²) in [7, 11) is 0. The summed E-state index contributed by atoms with van der Waals surface area (Å²) in [6.07, 6.45) is -0.745. The first-order valence-electron chi connectivity index (χ1n) is 9.56. The molecule has 0 aliphatic carbocycles. The number of carbonyl (C=O) groups is 2. The molecule has 0 bridgehead atoms. The lowest BCUT2D eigenvalue weighted by atomic mass is 9.87. The number of oxime groups is 1. The van der Waals surface area contributed by atoms with Crippen molar-refractivity contribution in [1.29, 1.82) is 0 Å². The fourth-order valence-corrected chi connectivity index (χ4v) is 2.55. The molecular formula is C23H29N3O3. The van der Waals surface area contributed by atoms with Gasteiger partial charge in [0.15, 0.2) is 0 Å². The molecule has 0 radical (unpaired) electrons. The first-order chi connectivity index (χ1) is 13.6. The van der Waals surface area contributed by atoms with Gasteiger partial charge in [-0.25, -0.2) is 0 Å². The zero-order valence-corrected chi connectivity index (χ0v) is 17.9. The molecule has 0 aliphatic heterocycles. The number of nitrogens with one attached hydrogen (secondary N) is 2. The van der Waals surface area contributed by atoms with Crippen LogP contribution in [0.3, 0.4) is 0 Å². The molecule has 0 aromatic heterocycles. The van der Waals surface area contributed by atoms with Gasteiger partial charge in [0.25, 0.3) is 5.91 Å². The highest BCUT2D eigenvalue weighted by Crippen LogP contribution is 2.23. The minimum Gasteiger partial charge on any atom is -0.382 e. The molecule has 0 saturated heterocycles. The molecule has 2 N–H and O–H groups in total. The summed E-state index contributed by atoms with van der Waals surface area (Å²) < 4.78 is 0. The molecule has 1 atom stereocenters. The van der Waals surface area contributed by atoms with Gasteiger partial charge in [-0.3, -0.25) is 9.59 Å². The number of rotatable bonds is 6. The van der Waals surface area contributed by atoms with Crippen LogP contribution in [0, 0.1) is 0 Å². The van der Waals surface area contributed by atoms with E-state index in [-0.39, 0.29) is 17.2 Å². The number of amides is 2. The van der Waals surface area contributed by atoms with Crippen molar-refractivity contribution < 1.29 is 14.4 Å². The van der Waals surface area contributed by atoms with Gasteiger partial charge in [0.05, 0.1) is 5.71 Å². The average molecular weight is 396 g/mol. The fraction of sp³-hybridized carbons (Fsp3) is 0.348. The van der Waals surface area contributed by atoms with Gasteiger partial charge in [-0.2, -0.15) is 0 Å². The van der Waals surface area contributed by atoms with Crippen LogP contribution in [-0.4, -0.2) is 23.6 Å². The van der Waals surface area contributed by atoms with Gasteiger partial charge in [-0.1, -0.05) is 50.2 Å². The second kappa shape index (κ2) is 9.37. The van der Waals surface area contributed by atoms with Crippen LogP contribution in [0.4, 0.5) is 11.4 Å². The molecule has 0 spiro atoms. The molecule has 2 aromatic rings. The van der Waals surface area contributed by atoms with Crippen molar-refractivity contribution in [3.8, 4) is 0 Å². The van der Waals surface area contributed by atoms with Gasteiger partial charge < -0.3 is 15.5 Å². The van der Waals surface area contributed by atoms with Crippen LogP contribution in [0.5, 0.6) is 0 Å². The number of nitrogens with zero attached hydrogens (tertiary/aromatic N) is 1. The Balaban J connectivity index is 1.93. The number of benzene rings is 2. The van der Waals surface area contributed by atoms with Gasteiger partial charge in [0.2, 0.25) is 12.0 Å². The quantitative estimate of drug-likeness (QED) is 0.549. The minimum absolute atomic E-state index is 0.0610. The van der Waals surface area contributed by atoms with Crippen LogP contribution in [0.2, 0.25) is 0 Å². The van der Waals surface area contributed by atoms with Gasteiger partial charge in [-0.15, -0.1) is 0 Å². The Kier molecular flexibility index (Phi) is 7.15. The summed E-state index contributed by atoms with van der Waals surface area (Å²) in [5, 5.41) is 9.61. The molecule has 2 amide bonds. The fourth-order valence-electron chi connectivity index (χ4n) is 2.55. The Morgan fingerprint density at radius 2 is 1.41 bits per heavy atom. The van der Waals surface area contributed by atoms with Gasteiger partial charge in [0, 0.05) is 18.3 Å². The highest BCUT2D eigenvalue weighted by molar-refractivity contribution is 5.99. The first kappa shape index (κ1) is 22.1. The van der Waals surface area contributed by atoms with Crippen LogP contribution in [0.25, 0.3) is 0 Å². The maximum atomic E-state index is 12.3. The van der Waals surface area contributed by atoms with E-state index in [2.05, 4.69) is 36.6 Å². The lowest BCUT2D eigenvalue weighted by Crippen LogP contribution is -2.26. The Labute approximate surface area is 172 Å². The first-order valence-corrected chi connectivity index (χ1v) is 9.56. The van der Waals surface area contributed by atoms with Crippen molar-refractivity contribution in [3.63, 3.8) is 0 Å². The third-order valence-electron chi connectivity index (χ3n) is 4.36. The van der Waals surface area contributed by atoms with Gasteiger partial charge in [-0.05, 0) is 54.7 Å². The van der Waals surface area contributed by atoms with Crippen molar-refractivity contribution >= 4 is 28.9 Å². The molecule has 0 fully saturated rings. The summed E-state index contributed by atoms with van der Waals surface area (Å²) in [6, 6.07) is 15.0. The molecule has 0 aliphatic rings. The number of anilines is 2. The molecule has 0 saturated carbocycles. The highest BCUT2D eigenvalue weighted by Gasteiger charge is 2.16. The average Bonchev–Trinajstić information content (AvgIpc) is 2.65. The van der Waals surface area contributed by atoms with Gasteiger partial charge in [0.1, 0.15) is 0 Å². The minimum atomic E-state index is -0.745. The molecule has 6 nitrogen and oxygen atoms in total. The molecule has 1 unspecified atom stereocenters. The van der Waals surface area contributed by atoms with E-state index >= 15 is 0 Å². The number of hydrogen-bond acceptors (Lipinski definition) is 4. The summed E-state index contributed by atoms with van der Waals surface area (Å²) >= 11 is 0. The number of carbonyl (C=O) groups excluding carboxylic acids is 2. The zero-order valence-electron chi connectivity index (χ0n) is 17.9. The van der Waals surface area contributed by atoms with Crippen molar-refractivity contribution in [1.82, 2.24) is 0 Å². The Morgan fingerprint density at radius 1 is 0.897 bits per heavy atom. The van der Waals surface area contributed by atoms with E-state index in [0.29, 0.717) is 17.1 Å². The predicted molar refractivity (Wildman–Crippen MR) is 117 cm³/mol. The standard InChI is InChI=1S/C23H29N3O3/c1-15(18-7-11-20(12-8-18)24-17(3)27)26-29-16(2)22(28)25-21-13-9-19(10-14-21)23(4,5)6/h7-14,16H,1-6H3,(H,24,27)(H,25,28)/b26-15+. The number of hydrogen-bond donors (Lipinski definition) is 2. The van der Waals surface area contributed by atoms with Crippen molar-refractivity contribution in [3.05, 3.63) is 59.7 Å². The topological polar surface area (TPSA) is 79.8 Å². The van der Waals surface area contributed by atoms with E-state index in [9.17, 15) is 9.59 Å². The molecule has 0 heterocycles. The largest absolute Gasteiger partial charge is 0.382 e. The van der Waals surface area contributed by atoms with E-state index in [4.69, 9.17) is 4.84 Å². The van der Waals surface area contributed by atoms with Crippen LogP contribution in [0.1, 0.15) is 52.7 Å². The van der Waals surface area contributed by atoms with Crippen LogP contribution in [0.15, 0.2) is 53.7 Å². The summed E-state index contributed by atoms with van der Waals surface area (Å²) in [6.45, 7) is 11.3. The van der Waals surface area contributed by atoms with Crippen LogP contribution < -0.4 is 10.6 Å². The monoisotopic (exact) mass is 395 g/mol.